The van der Waals surface area contributed by atoms with E-state index in [1.165, 1.54) is 31.2 Å². The highest BCUT2D eigenvalue weighted by Crippen LogP contribution is 2.23. The quantitative estimate of drug-likeness (QED) is 0.428. The highest BCUT2D eigenvalue weighted by molar-refractivity contribution is 5.91. The molecule has 2 N–H and O–H groups in total. The SMILES string of the molecule is CC(=O)N(CCNc1ccnc2cc(F)ccc12)CCNc1ccnc2cc(F)ccc12. The molecule has 0 atom stereocenters. The molecule has 8 heteroatoms. The van der Waals surface area contributed by atoms with Gasteiger partial charge in [0.1, 0.15) is 11.6 Å². The van der Waals surface area contributed by atoms with Gasteiger partial charge >= 0.3 is 0 Å². The zero-order valence-corrected chi connectivity index (χ0v) is 17.6. The van der Waals surface area contributed by atoms with E-state index in [4.69, 9.17) is 0 Å². The minimum Gasteiger partial charge on any atom is -0.383 e. The van der Waals surface area contributed by atoms with Crippen molar-refractivity contribution in [1.82, 2.24) is 14.9 Å². The lowest BCUT2D eigenvalue weighted by molar-refractivity contribution is -0.128. The predicted octanol–water partition coefficient (Wildman–Crippen LogP) is 4.43. The Hall–Kier alpha value is -3.81. The largest absolute Gasteiger partial charge is 0.383 e. The van der Waals surface area contributed by atoms with Crippen molar-refractivity contribution in [3.8, 4) is 0 Å². The molecular weight excluding hydrogens is 412 g/mol. The van der Waals surface area contributed by atoms with Crippen LogP contribution < -0.4 is 10.6 Å². The Kier molecular flexibility index (Phi) is 6.39. The Bertz CT molecular complexity index is 1170. The van der Waals surface area contributed by atoms with Gasteiger partial charge < -0.3 is 15.5 Å². The molecule has 1 amide bonds. The molecule has 0 unspecified atom stereocenters. The number of fused-ring (bicyclic) bond motifs is 2. The van der Waals surface area contributed by atoms with Gasteiger partial charge in [-0.3, -0.25) is 14.8 Å². The van der Waals surface area contributed by atoms with Crippen LogP contribution in [-0.2, 0) is 4.79 Å². The van der Waals surface area contributed by atoms with Crippen molar-refractivity contribution in [2.45, 2.75) is 6.92 Å². The van der Waals surface area contributed by atoms with Crippen LogP contribution in [0.2, 0.25) is 0 Å². The molecule has 2 aromatic carbocycles. The summed E-state index contributed by atoms with van der Waals surface area (Å²) in [6.45, 7) is 3.62. The molecule has 4 rings (SSSR count). The molecule has 4 aromatic rings. The summed E-state index contributed by atoms with van der Waals surface area (Å²) in [5, 5.41) is 8.27. The zero-order valence-electron chi connectivity index (χ0n) is 17.6. The van der Waals surface area contributed by atoms with Gasteiger partial charge in [0, 0.05) is 79.8 Å². The van der Waals surface area contributed by atoms with Crippen LogP contribution in [0.4, 0.5) is 20.2 Å². The van der Waals surface area contributed by atoms with E-state index in [1.807, 2.05) is 12.1 Å². The van der Waals surface area contributed by atoms with E-state index in [2.05, 4.69) is 20.6 Å². The summed E-state index contributed by atoms with van der Waals surface area (Å²) < 4.78 is 26.9. The molecule has 0 fully saturated rings. The number of halogens is 2. The lowest BCUT2D eigenvalue weighted by Crippen LogP contribution is -2.36. The summed E-state index contributed by atoms with van der Waals surface area (Å²) in [7, 11) is 0. The second-order valence-electron chi connectivity index (χ2n) is 7.40. The fraction of sp³-hybridized carbons (Fsp3) is 0.208. The average Bonchev–Trinajstić information content (AvgIpc) is 2.77. The number of carbonyl (C=O) groups excluding carboxylic acids is 1. The summed E-state index contributed by atoms with van der Waals surface area (Å²) in [5.41, 5.74) is 2.83. The first-order chi connectivity index (χ1) is 15.5. The van der Waals surface area contributed by atoms with E-state index < -0.39 is 0 Å². The number of hydrogen-bond acceptors (Lipinski definition) is 5. The fourth-order valence-corrected chi connectivity index (χ4v) is 3.63. The van der Waals surface area contributed by atoms with Gasteiger partial charge in [0.15, 0.2) is 0 Å². The standard InChI is InChI=1S/C24H23F2N5O/c1-16(32)31(12-10-29-21-6-8-27-23-14-17(25)2-4-19(21)23)13-11-30-22-7-9-28-24-15-18(26)3-5-20(22)24/h2-9,14-15H,10-13H2,1H3,(H,27,29)(H,28,30). The topological polar surface area (TPSA) is 70.2 Å². The van der Waals surface area contributed by atoms with Crippen molar-refractivity contribution in [1.29, 1.82) is 0 Å². The first-order valence-electron chi connectivity index (χ1n) is 10.3. The van der Waals surface area contributed by atoms with Crippen molar-refractivity contribution in [2.24, 2.45) is 0 Å². The minimum atomic E-state index is -0.329. The van der Waals surface area contributed by atoms with Gasteiger partial charge in [-0.15, -0.1) is 0 Å². The van der Waals surface area contributed by atoms with Crippen molar-refractivity contribution >= 4 is 39.1 Å². The molecule has 0 aliphatic carbocycles. The number of pyridine rings is 2. The third kappa shape index (κ3) is 4.91. The molecule has 0 spiro atoms. The molecule has 32 heavy (non-hydrogen) atoms. The van der Waals surface area contributed by atoms with Crippen molar-refractivity contribution in [3.05, 3.63) is 72.6 Å². The Labute approximate surface area is 184 Å². The molecule has 0 saturated carbocycles. The van der Waals surface area contributed by atoms with Gasteiger partial charge in [-0.25, -0.2) is 8.78 Å². The summed E-state index contributed by atoms with van der Waals surface area (Å²) >= 11 is 0. The summed E-state index contributed by atoms with van der Waals surface area (Å²) in [6.07, 6.45) is 3.25. The summed E-state index contributed by atoms with van der Waals surface area (Å²) in [5.74, 6) is -0.689. The number of rotatable bonds is 8. The maximum Gasteiger partial charge on any atom is 0.219 e. The molecule has 2 aromatic heterocycles. The molecule has 2 heterocycles. The van der Waals surface area contributed by atoms with Crippen LogP contribution in [0.25, 0.3) is 21.8 Å². The monoisotopic (exact) mass is 435 g/mol. The summed E-state index contributed by atoms with van der Waals surface area (Å²) in [4.78, 5) is 22.2. The first-order valence-corrected chi connectivity index (χ1v) is 10.3. The molecule has 0 radical (unpaired) electrons. The van der Waals surface area contributed by atoms with E-state index in [0.29, 0.717) is 37.2 Å². The second-order valence-corrected chi connectivity index (χ2v) is 7.40. The van der Waals surface area contributed by atoms with E-state index in [-0.39, 0.29) is 17.5 Å². The second kappa shape index (κ2) is 9.55. The molecule has 0 bridgehead atoms. The van der Waals surface area contributed by atoms with Crippen LogP contribution in [0.15, 0.2) is 60.9 Å². The Morgan fingerprint density at radius 3 is 1.72 bits per heavy atom. The summed E-state index contributed by atoms with van der Waals surface area (Å²) in [6, 6.07) is 12.6. The first kappa shape index (κ1) is 21.4. The van der Waals surface area contributed by atoms with Gasteiger partial charge in [0.25, 0.3) is 0 Å². The van der Waals surface area contributed by atoms with E-state index in [0.717, 1.165) is 22.1 Å². The molecule has 0 saturated heterocycles. The predicted molar refractivity (Wildman–Crippen MR) is 123 cm³/mol. The van der Waals surface area contributed by atoms with Gasteiger partial charge in [-0.1, -0.05) is 0 Å². The van der Waals surface area contributed by atoms with Crippen LogP contribution in [0.1, 0.15) is 6.92 Å². The molecule has 0 aliphatic rings. The van der Waals surface area contributed by atoms with Crippen molar-refractivity contribution < 1.29 is 13.6 Å². The molecule has 164 valence electrons. The maximum atomic E-state index is 13.4. The molecule has 0 aliphatic heterocycles. The Morgan fingerprint density at radius 2 is 1.28 bits per heavy atom. The third-order valence-electron chi connectivity index (χ3n) is 5.25. The highest BCUT2D eigenvalue weighted by atomic mass is 19.1. The van der Waals surface area contributed by atoms with Gasteiger partial charge in [0.05, 0.1) is 11.0 Å². The zero-order chi connectivity index (χ0) is 22.5. The fourth-order valence-electron chi connectivity index (χ4n) is 3.63. The van der Waals surface area contributed by atoms with Gasteiger partial charge in [-0.05, 0) is 36.4 Å². The van der Waals surface area contributed by atoms with E-state index in [1.54, 1.807) is 29.4 Å². The lowest BCUT2D eigenvalue weighted by atomic mass is 10.2. The number of hydrogen-bond donors (Lipinski definition) is 2. The lowest BCUT2D eigenvalue weighted by Gasteiger charge is -2.22. The molecular formula is C24H23F2N5O. The number of aromatic nitrogens is 2. The highest BCUT2D eigenvalue weighted by Gasteiger charge is 2.10. The van der Waals surface area contributed by atoms with Crippen molar-refractivity contribution in [3.63, 3.8) is 0 Å². The van der Waals surface area contributed by atoms with Crippen molar-refractivity contribution in [2.75, 3.05) is 36.8 Å². The number of carbonyl (C=O) groups is 1. The van der Waals surface area contributed by atoms with Crippen LogP contribution in [-0.4, -0.2) is 47.0 Å². The number of amides is 1. The third-order valence-corrected chi connectivity index (χ3v) is 5.25. The van der Waals surface area contributed by atoms with Gasteiger partial charge in [0.2, 0.25) is 5.91 Å². The minimum absolute atomic E-state index is 0.0306. The normalized spacial score (nSPS) is 11.0. The number of benzene rings is 2. The smallest absolute Gasteiger partial charge is 0.219 e. The van der Waals surface area contributed by atoms with Gasteiger partial charge in [-0.2, -0.15) is 0 Å². The number of nitrogens with zero attached hydrogens (tertiary/aromatic N) is 3. The Balaban J connectivity index is 1.35. The number of anilines is 2. The Morgan fingerprint density at radius 1 is 0.812 bits per heavy atom. The molecule has 6 nitrogen and oxygen atoms in total. The van der Waals surface area contributed by atoms with E-state index in [9.17, 15) is 13.6 Å². The maximum absolute atomic E-state index is 13.4. The number of nitrogens with one attached hydrogen (secondary N) is 2. The van der Waals surface area contributed by atoms with Crippen LogP contribution in [0.3, 0.4) is 0 Å². The van der Waals surface area contributed by atoms with Crippen LogP contribution >= 0.6 is 0 Å². The van der Waals surface area contributed by atoms with Crippen LogP contribution in [0.5, 0.6) is 0 Å². The average molecular weight is 435 g/mol. The van der Waals surface area contributed by atoms with Crippen LogP contribution in [0, 0.1) is 11.6 Å². The van der Waals surface area contributed by atoms with E-state index >= 15 is 0 Å².